The van der Waals surface area contributed by atoms with Crippen LogP contribution in [-0.4, -0.2) is 30.1 Å². The van der Waals surface area contributed by atoms with Gasteiger partial charge >= 0.3 is 0 Å². The van der Waals surface area contributed by atoms with Gasteiger partial charge in [0.05, 0.1) is 5.56 Å². The maximum absolute atomic E-state index is 12.0. The van der Waals surface area contributed by atoms with Crippen LogP contribution in [-0.2, 0) is 0 Å². The van der Waals surface area contributed by atoms with Gasteiger partial charge in [0.1, 0.15) is 5.75 Å². The normalized spacial score (nSPS) is 20.6. The lowest BCUT2D eigenvalue weighted by Gasteiger charge is -2.16. The van der Waals surface area contributed by atoms with Crippen molar-refractivity contribution in [2.45, 2.75) is 25.3 Å². The number of para-hydroxylation sites is 1. The summed E-state index contributed by atoms with van der Waals surface area (Å²) in [5, 5.41) is 15.9. The van der Waals surface area contributed by atoms with Gasteiger partial charge in [0.15, 0.2) is 0 Å². The van der Waals surface area contributed by atoms with Crippen LogP contribution in [0.1, 0.15) is 29.6 Å². The number of amides is 1. The third-order valence-corrected chi connectivity index (χ3v) is 3.06. The number of hydrogen-bond acceptors (Lipinski definition) is 3. The molecule has 1 aromatic carbocycles. The number of rotatable bonds is 2. The van der Waals surface area contributed by atoms with Crippen molar-refractivity contribution in [3.63, 3.8) is 0 Å². The Morgan fingerprint density at radius 3 is 2.94 bits per heavy atom. The van der Waals surface area contributed by atoms with Crippen molar-refractivity contribution in [2.24, 2.45) is 0 Å². The van der Waals surface area contributed by atoms with E-state index in [1.165, 1.54) is 6.07 Å². The van der Waals surface area contributed by atoms with Crippen molar-refractivity contribution < 1.29 is 9.90 Å². The molecule has 1 aliphatic heterocycles. The Balaban J connectivity index is 1.98. The summed E-state index contributed by atoms with van der Waals surface area (Å²) < 4.78 is 0. The van der Waals surface area contributed by atoms with Crippen molar-refractivity contribution in [1.82, 2.24) is 10.6 Å². The molecule has 1 atom stereocenters. The molecule has 1 heterocycles. The zero-order valence-electron chi connectivity index (χ0n) is 9.78. The second-order valence-electron chi connectivity index (χ2n) is 4.37. The highest BCUT2D eigenvalue weighted by molar-refractivity contribution is 5.96. The molecule has 1 aromatic rings. The van der Waals surface area contributed by atoms with Gasteiger partial charge in [-0.1, -0.05) is 12.1 Å². The molecule has 1 unspecified atom stereocenters. The van der Waals surface area contributed by atoms with E-state index < -0.39 is 0 Å². The minimum atomic E-state index is -0.185. The summed E-state index contributed by atoms with van der Waals surface area (Å²) in [4.78, 5) is 12.0. The van der Waals surface area contributed by atoms with Gasteiger partial charge in [0, 0.05) is 6.04 Å². The predicted octanol–water partition coefficient (Wildman–Crippen LogP) is 1.26. The fraction of sp³-hybridized carbons (Fsp3) is 0.462. The van der Waals surface area contributed by atoms with Crippen LogP contribution in [0.15, 0.2) is 24.3 Å². The van der Waals surface area contributed by atoms with E-state index in [4.69, 9.17) is 0 Å². The van der Waals surface area contributed by atoms with Gasteiger partial charge in [-0.3, -0.25) is 4.79 Å². The lowest BCUT2D eigenvalue weighted by Crippen LogP contribution is -2.35. The van der Waals surface area contributed by atoms with E-state index in [2.05, 4.69) is 10.6 Å². The highest BCUT2D eigenvalue weighted by Crippen LogP contribution is 2.16. The molecule has 0 spiro atoms. The Labute approximate surface area is 101 Å². The summed E-state index contributed by atoms with van der Waals surface area (Å²) in [7, 11) is 0. The molecular formula is C13H18N2O2. The number of carbonyl (C=O) groups excluding carboxylic acids is 1. The smallest absolute Gasteiger partial charge is 0.255 e. The third kappa shape index (κ3) is 3.20. The van der Waals surface area contributed by atoms with E-state index in [-0.39, 0.29) is 17.7 Å². The second-order valence-corrected chi connectivity index (χ2v) is 4.37. The van der Waals surface area contributed by atoms with Gasteiger partial charge in [-0.25, -0.2) is 0 Å². The molecule has 1 saturated heterocycles. The molecule has 92 valence electrons. The van der Waals surface area contributed by atoms with E-state index in [0.717, 1.165) is 32.4 Å². The van der Waals surface area contributed by atoms with Gasteiger partial charge in [-0.05, 0) is 44.5 Å². The van der Waals surface area contributed by atoms with E-state index in [0.29, 0.717) is 5.56 Å². The highest BCUT2D eigenvalue weighted by Gasteiger charge is 2.17. The SMILES string of the molecule is O=C(NC1CCCNCC1)c1ccccc1O. The fourth-order valence-electron chi connectivity index (χ4n) is 2.09. The number of carbonyl (C=O) groups is 1. The van der Waals surface area contributed by atoms with Crippen LogP contribution >= 0.6 is 0 Å². The Kier molecular flexibility index (Phi) is 3.98. The summed E-state index contributed by atoms with van der Waals surface area (Å²) in [5.41, 5.74) is 0.352. The molecule has 1 fully saturated rings. The van der Waals surface area contributed by atoms with Gasteiger partial charge in [0.2, 0.25) is 0 Å². The summed E-state index contributed by atoms with van der Waals surface area (Å²) >= 11 is 0. The monoisotopic (exact) mass is 234 g/mol. The quantitative estimate of drug-likeness (QED) is 0.722. The molecular weight excluding hydrogens is 216 g/mol. The second kappa shape index (κ2) is 5.68. The molecule has 0 bridgehead atoms. The van der Waals surface area contributed by atoms with E-state index in [9.17, 15) is 9.90 Å². The zero-order chi connectivity index (χ0) is 12.1. The first kappa shape index (κ1) is 11.9. The van der Waals surface area contributed by atoms with Crippen LogP contribution in [0.5, 0.6) is 5.75 Å². The van der Waals surface area contributed by atoms with Crippen LogP contribution in [0, 0.1) is 0 Å². The molecule has 0 aliphatic carbocycles. The Morgan fingerprint density at radius 1 is 1.29 bits per heavy atom. The Hall–Kier alpha value is -1.55. The van der Waals surface area contributed by atoms with Gasteiger partial charge in [0.25, 0.3) is 5.91 Å². The highest BCUT2D eigenvalue weighted by atomic mass is 16.3. The topological polar surface area (TPSA) is 61.4 Å². The molecule has 1 amide bonds. The fourth-order valence-corrected chi connectivity index (χ4v) is 2.09. The predicted molar refractivity (Wildman–Crippen MR) is 66.1 cm³/mol. The van der Waals surface area contributed by atoms with E-state index in [1.807, 2.05) is 0 Å². The molecule has 4 heteroatoms. The largest absolute Gasteiger partial charge is 0.507 e. The van der Waals surface area contributed by atoms with Gasteiger partial charge < -0.3 is 15.7 Å². The summed E-state index contributed by atoms with van der Waals surface area (Å²) in [6.07, 6.45) is 3.01. The minimum Gasteiger partial charge on any atom is -0.507 e. The maximum Gasteiger partial charge on any atom is 0.255 e. The van der Waals surface area contributed by atoms with E-state index in [1.54, 1.807) is 18.2 Å². The lowest BCUT2D eigenvalue weighted by molar-refractivity contribution is 0.0931. The van der Waals surface area contributed by atoms with Gasteiger partial charge in [-0.15, -0.1) is 0 Å². The van der Waals surface area contributed by atoms with Crippen LogP contribution in [0.3, 0.4) is 0 Å². The van der Waals surface area contributed by atoms with Crippen molar-refractivity contribution in [3.8, 4) is 5.75 Å². The first-order chi connectivity index (χ1) is 8.27. The molecule has 0 saturated carbocycles. The van der Waals surface area contributed by atoms with Crippen LogP contribution in [0.4, 0.5) is 0 Å². The number of phenolic OH excluding ortho intramolecular Hbond substituents is 1. The molecule has 1 aliphatic rings. The van der Waals surface area contributed by atoms with Crippen molar-refractivity contribution in [1.29, 1.82) is 0 Å². The average molecular weight is 234 g/mol. The summed E-state index contributed by atoms with van der Waals surface area (Å²) in [5.74, 6) is -0.147. The third-order valence-electron chi connectivity index (χ3n) is 3.06. The first-order valence-corrected chi connectivity index (χ1v) is 6.07. The standard InChI is InChI=1S/C13H18N2O2/c16-12-6-2-1-5-11(12)13(17)15-10-4-3-8-14-9-7-10/h1-2,5-6,10,14,16H,3-4,7-9H2,(H,15,17). The van der Waals surface area contributed by atoms with Crippen molar-refractivity contribution >= 4 is 5.91 Å². The lowest BCUT2D eigenvalue weighted by atomic mass is 10.1. The average Bonchev–Trinajstić information content (AvgIpc) is 2.58. The zero-order valence-corrected chi connectivity index (χ0v) is 9.78. The summed E-state index contributed by atoms with van der Waals surface area (Å²) in [6.45, 7) is 1.95. The Bertz CT molecular complexity index is 385. The van der Waals surface area contributed by atoms with Crippen LogP contribution < -0.4 is 10.6 Å². The number of phenols is 1. The molecule has 0 aromatic heterocycles. The number of benzene rings is 1. The van der Waals surface area contributed by atoms with Crippen molar-refractivity contribution in [3.05, 3.63) is 29.8 Å². The Morgan fingerprint density at radius 2 is 2.12 bits per heavy atom. The summed E-state index contributed by atoms with van der Waals surface area (Å²) in [6, 6.07) is 6.84. The number of hydrogen-bond donors (Lipinski definition) is 3. The molecule has 4 nitrogen and oxygen atoms in total. The van der Waals surface area contributed by atoms with Crippen LogP contribution in [0.2, 0.25) is 0 Å². The van der Waals surface area contributed by atoms with Crippen molar-refractivity contribution in [2.75, 3.05) is 13.1 Å². The first-order valence-electron chi connectivity index (χ1n) is 6.07. The minimum absolute atomic E-state index is 0.0387. The maximum atomic E-state index is 12.0. The number of nitrogens with one attached hydrogen (secondary N) is 2. The van der Waals surface area contributed by atoms with Crippen LogP contribution in [0.25, 0.3) is 0 Å². The van der Waals surface area contributed by atoms with Gasteiger partial charge in [-0.2, -0.15) is 0 Å². The molecule has 0 radical (unpaired) electrons. The van der Waals surface area contributed by atoms with E-state index >= 15 is 0 Å². The number of aromatic hydroxyl groups is 1. The molecule has 17 heavy (non-hydrogen) atoms. The molecule has 2 rings (SSSR count). The molecule has 3 N–H and O–H groups in total.